The number of hydrogen-bond acceptors (Lipinski definition) is 3. The van der Waals surface area contributed by atoms with E-state index in [2.05, 4.69) is 23.3 Å². The van der Waals surface area contributed by atoms with Crippen LogP contribution in [0.25, 0.3) is 0 Å². The van der Waals surface area contributed by atoms with E-state index in [0.717, 1.165) is 26.1 Å². The molecule has 5 heteroatoms. The van der Waals surface area contributed by atoms with Crippen molar-refractivity contribution in [1.82, 2.24) is 15.2 Å². The number of nitrogens with one attached hydrogen (secondary N) is 2. The van der Waals surface area contributed by atoms with Crippen LogP contribution in [0.4, 0.5) is 4.79 Å². The van der Waals surface area contributed by atoms with E-state index < -0.39 is 5.60 Å². The number of rotatable bonds is 4. The van der Waals surface area contributed by atoms with Gasteiger partial charge in [0.25, 0.3) is 0 Å². The second kappa shape index (κ2) is 6.52. The van der Waals surface area contributed by atoms with Crippen LogP contribution >= 0.6 is 0 Å². The third-order valence-corrected chi connectivity index (χ3v) is 3.74. The lowest BCUT2D eigenvalue weighted by molar-refractivity contribution is 0.0288. The van der Waals surface area contributed by atoms with E-state index in [1.807, 2.05) is 37.9 Å². The first-order chi connectivity index (χ1) is 9.85. The summed E-state index contributed by atoms with van der Waals surface area (Å²) in [5, 5.41) is 3.52. The number of amides is 1. The van der Waals surface area contributed by atoms with Gasteiger partial charge >= 0.3 is 6.09 Å². The zero-order valence-corrected chi connectivity index (χ0v) is 13.5. The number of carbonyl (C=O) groups excluding carboxylic acids is 1. The van der Waals surface area contributed by atoms with Crippen molar-refractivity contribution >= 4 is 6.09 Å². The predicted octanol–water partition coefficient (Wildman–Crippen LogP) is 2.92. The van der Waals surface area contributed by atoms with Gasteiger partial charge in [0.05, 0.1) is 0 Å². The molecule has 0 aliphatic carbocycles. The fourth-order valence-electron chi connectivity index (χ4n) is 2.56. The number of hydrogen-bond donors (Lipinski definition) is 2. The summed E-state index contributed by atoms with van der Waals surface area (Å²) in [7, 11) is 0. The standard InChI is InChI=1S/C16H27N3O2/c1-12(14-6-5-8-17-14)18-10-13-7-9-19(11-13)15(20)21-16(2,3)4/h5-6,8,12-13,17-18H,7,9-11H2,1-4H3/t12-,13+/m1/s1. The molecule has 1 aliphatic rings. The molecule has 1 aromatic heterocycles. The second-order valence-electron chi connectivity index (χ2n) is 6.84. The van der Waals surface area contributed by atoms with Crippen LogP contribution in [0.1, 0.15) is 45.9 Å². The molecule has 0 radical (unpaired) electrons. The van der Waals surface area contributed by atoms with Gasteiger partial charge in [0.2, 0.25) is 0 Å². The molecule has 0 saturated carbocycles. The highest BCUT2D eigenvalue weighted by Crippen LogP contribution is 2.20. The van der Waals surface area contributed by atoms with Gasteiger partial charge < -0.3 is 19.9 Å². The number of aromatic amines is 1. The fraction of sp³-hybridized carbons (Fsp3) is 0.688. The van der Waals surface area contributed by atoms with Crippen molar-refractivity contribution in [3.05, 3.63) is 24.0 Å². The molecule has 2 heterocycles. The summed E-state index contributed by atoms with van der Waals surface area (Å²) in [6, 6.07) is 4.39. The maximum Gasteiger partial charge on any atom is 0.410 e. The molecule has 0 unspecified atom stereocenters. The molecule has 1 fully saturated rings. The highest BCUT2D eigenvalue weighted by molar-refractivity contribution is 5.68. The molecule has 2 atom stereocenters. The molecule has 2 rings (SSSR count). The van der Waals surface area contributed by atoms with Crippen LogP contribution in [0.5, 0.6) is 0 Å². The first kappa shape index (κ1) is 15.9. The van der Waals surface area contributed by atoms with Crippen molar-refractivity contribution in [3.8, 4) is 0 Å². The zero-order chi connectivity index (χ0) is 15.5. The average molecular weight is 293 g/mol. The number of aromatic nitrogens is 1. The largest absolute Gasteiger partial charge is 0.444 e. The summed E-state index contributed by atoms with van der Waals surface area (Å²) in [4.78, 5) is 17.0. The molecule has 1 aliphatic heterocycles. The molecule has 0 spiro atoms. The summed E-state index contributed by atoms with van der Waals surface area (Å²) in [5.74, 6) is 0.495. The zero-order valence-electron chi connectivity index (χ0n) is 13.5. The van der Waals surface area contributed by atoms with Gasteiger partial charge in [0, 0.05) is 37.6 Å². The fourth-order valence-corrected chi connectivity index (χ4v) is 2.56. The van der Waals surface area contributed by atoms with Crippen LogP contribution in [0.15, 0.2) is 18.3 Å². The minimum absolute atomic E-state index is 0.192. The van der Waals surface area contributed by atoms with E-state index in [0.29, 0.717) is 12.0 Å². The molecular weight excluding hydrogens is 266 g/mol. The Kier molecular flexibility index (Phi) is 4.93. The lowest BCUT2D eigenvalue weighted by Gasteiger charge is -2.24. The smallest absolute Gasteiger partial charge is 0.410 e. The molecular formula is C16H27N3O2. The van der Waals surface area contributed by atoms with Crippen LogP contribution in [0.3, 0.4) is 0 Å². The summed E-state index contributed by atoms with van der Waals surface area (Å²) >= 11 is 0. The second-order valence-corrected chi connectivity index (χ2v) is 6.84. The summed E-state index contributed by atoms with van der Waals surface area (Å²) < 4.78 is 5.42. The molecule has 2 N–H and O–H groups in total. The van der Waals surface area contributed by atoms with E-state index in [-0.39, 0.29) is 6.09 Å². The van der Waals surface area contributed by atoms with Crippen molar-refractivity contribution < 1.29 is 9.53 Å². The van der Waals surface area contributed by atoms with Crippen LogP contribution < -0.4 is 5.32 Å². The molecule has 1 amide bonds. The number of likely N-dealkylation sites (tertiary alicyclic amines) is 1. The van der Waals surface area contributed by atoms with Gasteiger partial charge in [-0.05, 0) is 52.2 Å². The Morgan fingerprint density at radius 1 is 1.57 bits per heavy atom. The van der Waals surface area contributed by atoms with E-state index in [1.54, 1.807) is 0 Å². The minimum Gasteiger partial charge on any atom is -0.444 e. The van der Waals surface area contributed by atoms with Gasteiger partial charge in [-0.1, -0.05) is 0 Å². The van der Waals surface area contributed by atoms with E-state index in [4.69, 9.17) is 4.74 Å². The monoisotopic (exact) mass is 293 g/mol. The van der Waals surface area contributed by atoms with Gasteiger partial charge in [-0.15, -0.1) is 0 Å². The molecule has 21 heavy (non-hydrogen) atoms. The third kappa shape index (κ3) is 4.77. The Morgan fingerprint density at radius 3 is 2.95 bits per heavy atom. The lowest BCUT2D eigenvalue weighted by atomic mass is 10.1. The molecule has 1 aromatic rings. The highest BCUT2D eigenvalue weighted by Gasteiger charge is 2.29. The summed E-state index contributed by atoms with van der Waals surface area (Å²) in [6.45, 7) is 10.3. The Morgan fingerprint density at radius 2 is 2.33 bits per heavy atom. The van der Waals surface area contributed by atoms with E-state index in [9.17, 15) is 4.79 Å². The number of H-pyrrole nitrogens is 1. The van der Waals surface area contributed by atoms with Gasteiger partial charge in [-0.3, -0.25) is 0 Å². The predicted molar refractivity (Wildman–Crippen MR) is 83.1 cm³/mol. The van der Waals surface area contributed by atoms with Crippen molar-refractivity contribution in [2.24, 2.45) is 5.92 Å². The van der Waals surface area contributed by atoms with Crippen molar-refractivity contribution in [1.29, 1.82) is 0 Å². The summed E-state index contributed by atoms with van der Waals surface area (Å²) in [6.07, 6.45) is 2.78. The quantitative estimate of drug-likeness (QED) is 0.897. The third-order valence-electron chi connectivity index (χ3n) is 3.74. The van der Waals surface area contributed by atoms with Gasteiger partial charge in [-0.25, -0.2) is 4.79 Å². The Bertz CT molecular complexity index is 451. The Balaban J connectivity index is 1.74. The van der Waals surface area contributed by atoms with Crippen molar-refractivity contribution in [3.63, 3.8) is 0 Å². The Hall–Kier alpha value is -1.49. The molecule has 0 aromatic carbocycles. The van der Waals surface area contributed by atoms with E-state index >= 15 is 0 Å². The van der Waals surface area contributed by atoms with Gasteiger partial charge in [0.15, 0.2) is 0 Å². The topological polar surface area (TPSA) is 57.4 Å². The molecule has 118 valence electrons. The van der Waals surface area contributed by atoms with Crippen LogP contribution in [0, 0.1) is 5.92 Å². The van der Waals surface area contributed by atoms with Crippen molar-refractivity contribution in [2.45, 2.75) is 45.8 Å². The van der Waals surface area contributed by atoms with Crippen molar-refractivity contribution in [2.75, 3.05) is 19.6 Å². The summed E-state index contributed by atoms with van der Waals surface area (Å²) in [5.41, 5.74) is 0.771. The molecule has 0 bridgehead atoms. The lowest BCUT2D eigenvalue weighted by Crippen LogP contribution is -2.36. The first-order valence-electron chi connectivity index (χ1n) is 7.70. The molecule has 1 saturated heterocycles. The van der Waals surface area contributed by atoms with Crippen LogP contribution in [-0.4, -0.2) is 41.2 Å². The van der Waals surface area contributed by atoms with Gasteiger partial charge in [0.1, 0.15) is 5.60 Å². The first-order valence-corrected chi connectivity index (χ1v) is 7.70. The average Bonchev–Trinajstić information content (AvgIpc) is 3.05. The highest BCUT2D eigenvalue weighted by atomic mass is 16.6. The van der Waals surface area contributed by atoms with Crippen LogP contribution in [-0.2, 0) is 4.74 Å². The van der Waals surface area contributed by atoms with Crippen LogP contribution in [0.2, 0.25) is 0 Å². The maximum absolute atomic E-state index is 12.0. The minimum atomic E-state index is -0.421. The molecule has 5 nitrogen and oxygen atoms in total. The van der Waals surface area contributed by atoms with E-state index in [1.165, 1.54) is 5.69 Å². The Labute approximate surface area is 127 Å². The number of carbonyl (C=O) groups is 1. The number of nitrogens with zero attached hydrogens (tertiary/aromatic N) is 1. The number of ether oxygens (including phenoxy) is 1. The SMILES string of the molecule is C[C@@H](NC[C@@H]1CCN(C(=O)OC(C)(C)C)C1)c1ccc[nH]1. The normalized spacial score (nSPS) is 20.6. The maximum atomic E-state index is 12.0. The van der Waals surface area contributed by atoms with Gasteiger partial charge in [-0.2, -0.15) is 0 Å².